The van der Waals surface area contributed by atoms with Gasteiger partial charge in [0.1, 0.15) is 5.75 Å². The molecule has 0 saturated carbocycles. The molecule has 0 aromatic heterocycles. The van der Waals surface area contributed by atoms with Crippen molar-refractivity contribution < 1.29 is 17.9 Å². The van der Waals surface area contributed by atoms with E-state index >= 15 is 0 Å². The molecule has 174 valence electrons. The maximum Gasteiger partial charge on any atom is 0.251 e. The lowest BCUT2D eigenvalue weighted by molar-refractivity contribution is 0.0923. The van der Waals surface area contributed by atoms with Gasteiger partial charge in [0.2, 0.25) is 10.0 Å². The van der Waals surface area contributed by atoms with Crippen molar-refractivity contribution in [1.29, 1.82) is 0 Å². The summed E-state index contributed by atoms with van der Waals surface area (Å²) in [6.45, 7) is 5.89. The number of likely N-dealkylation sites (tertiary alicyclic amines) is 1. The Balaban J connectivity index is 1.87. The lowest BCUT2D eigenvalue weighted by Crippen LogP contribution is -2.40. The van der Waals surface area contributed by atoms with Gasteiger partial charge in [-0.2, -0.15) is 0 Å². The summed E-state index contributed by atoms with van der Waals surface area (Å²) in [6.07, 6.45) is 3.47. The number of methoxy groups -OCH3 is 1. The summed E-state index contributed by atoms with van der Waals surface area (Å²) in [5, 5.41) is 3.04. The summed E-state index contributed by atoms with van der Waals surface area (Å²) < 4.78 is 32.8. The lowest BCUT2D eigenvalue weighted by atomic mass is 10.00. The van der Waals surface area contributed by atoms with Gasteiger partial charge in [-0.1, -0.05) is 24.6 Å². The lowest BCUT2D eigenvalue weighted by Gasteiger charge is -2.35. The second-order valence-electron chi connectivity index (χ2n) is 8.19. The van der Waals surface area contributed by atoms with Gasteiger partial charge >= 0.3 is 0 Å². The van der Waals surface area contributed by atoms with Crippen LogP contribution < -0.4 is 14.8 Å². The monoisotopic (exact) mass is 459 g/mol. The fourth-order valence-corrected chi connectivity index (χ4v) is 5.31. The van der Waals surface area contributed by atoms with E-state index in [1.165, 1.54) is 19.5 Å². The van der Waals surface area contributed by atoms with Crippen LogP contribution >= 0.6 is 0 Å². The topological polar surface area (TPSA) is 87.7 Å². The number of nitrogens with zero attached hydrogens (tertiary/aromatic N) is 1. The molecule has 0 bridgehead atoms. The van der Waals surface area contributed by atoms with E-state index in [1.54, 1.807) is 20.1 Å². The molecule has 2 aromatic rings. The molecule has 2 aromatic carbocycles. The first-order valence-corrected chi connectivity index (χ1v) is 12.5. The summed E-state index contributed by atoms with van der Waals surface area (Å²) in [6, 6.07) is 11.1. The fraction of sp³-hybridized carbons (Fsp3) is 0.458. The molecule has 1 heterocycles. The number of ether oxygens (including phenoxy) is 1. The fourth-order valence-electron chi connectivity index (χ4n) is 4.25. The first kappa shape index (κ1) is 24.2. The molecule has 0 aliphatic carbocycles. The van der Waals surface area contributed by atoms with Gasteiger partial charge < -0.3 is 10.1 Å². The number of para-hydroxylation sites is 1. The van der Waals surface area contributed by atoms with Crippen LogP contribution in [0.15, 0.2) is 41.3 Å². The average molecular weight is 460 g/mol. The summed E-state index contributed by atoms with van der Waals surface area (Å²) in [4.78, 5) is 15.6. The van der Waals surface area contributed by atoms with Gasteiger partial charge in [-0.05, 0) is 76.2 Å². The molecule has 32 heavy (non-hydrogen) atoms. The number of aryl methyl sites for hydroxylation is 1. The summed E-state index contributed by atoms with van der Waals surface area (Å²) >= 11 is 0. The Morgan fingerprint density at radius 2 is 1.81 bits per heavy atom. The molecular formula is C24H33N3O4S. The van der Waals surface area contributed by atoms with E-state index in [0.717, 1.165) is 42.8 Å². The molecule has 8 heteroatoms. The zero-order chi connectivity index (χ0) is 23.3. The van der Waals surface area contributed by atoms with Gasteiger partial charge in [-0.25, -0.2) is 13.1 Å². The highest BCUT2D eigenvalue weighted by atomic mass is 32.2. The minimum Gasteiger partial charge on any atom is -0.496 e. The number of carbonyl (C=O) groups is 1. The average Bonchev–Trinajstić information content (AvgIpc) is 2.81. The zero-order valence-corrected chi connectivity index (χ0v) is 20.1. The molecule has 1 saturated heterocycles. The largest absolute Gasteiger partial charge is 0.496 e. The third-order valence-electron chi connectivity index (χ3n) is 6.23. The number of hydrogen-bond donors (Lipinski definition) is 2. The molecule has 1 aliphatic rings. The number of hydrogen-bond acceptors (Lipinski definition) is 5. The van der Waals surface area contributed by atoms with Crippen molar-refractivity contribution in [3.63, 3.8) is 0 Å². The summed E-state index contributed by atoms with van der Waals surface area (Å²) in [5.74, 6) is 0.503. The van der Waals surface area contributed by atoms with Crippen molar-refractivity contribution >= 4 is 15.9 Å². The first-order chi connectivity index (χ1) is 15.3. The predicted molar refractivity (Wildman–Crippen MR) is 126 cm³/mol. The van der Waals surface area contributed by atoms with Crippen LogP contribution in [0.25, 0.3) is 0 Å². The predicted octanol–water partition coefficient (Wildman–Crippen LogP) is 3.18. The van der Waals surface area contributed by atoms with Crippen LogP contribution in [0.3, 0.4) is 0 Å². The van der Waals surface area contributed by atoms with Crippen LogP contribution in [0.4, 0.5) is 0 Å². The second kappa shape index (κ2) is 10.5. The van der Waals surface area contributed by atoms with Crippen molar-refractivity contribution in [3.8, 4) is 5.75 Å². The molecule has 1 amide bonds. The number of piperidine rings is 1. The van der Waals surface area contributed by atoms with Crippen LogP contribution in [-0.2, 0) is 10.0 Å². The number of rotatable bonds is 8. The maximum absolute atomic E-state index is 13.1. The van der Waals surface area contributed by atoms with Crippen LogP contribution in [0.2, 0.25) is 0 Å². The van der Waals surface area contributed by atoms with Gasteiger partial charge in [0.05, 0.1) is 18.0 Å². The standard InChI is InChI=1S/C24H33N3O4S/c1-17-14-19(15-23(18(17)2)32(29,30)25-3)24(28)26-16-21(27-12-8-5-9-13-27)20-10-6-7-11-22(20)31-4/h6-7,10-11,14-15,21,25H,5,8-9,12-13,16H2,1-4H3,(H,26,28). The van der Waals surface area contributed by atoms with Gasteiger partial charge in [-0.3, -0.25) is 9.69 Å². The second-order valence-corrected chi connectivity index (χ2v) is 10.0. The van der Waals surface area contributed by atoms with E-state index < -0.39 is 10.0 Å². The Hall–Kier alpha value is -2.42. The number of sulfonamides is 1. The van der Waals surface area contributed by atoms with E-state index in [-0.39, 0.29) is 16.8 Å². The Kier molecular flexibility index (Phi) is 7.92. The maximum atomic E-state index is 13.1. The molecule has 0 spiro atoms. The molecule has 1 atom stereocenters. The van der Waals surface area contributed by atoms with E-state index in [2.05, 4.69) is 14.9 Å². The number of carbonyl (C=O) groups excluding carboxylic acids is 1. The smallest absolute Gasteiger partial charge is 0.251 e. The van der Waals surface area contributed by atoms with Crippen molar-refractivity contribution in [1.82, 2.24) is 14.9 Å². The minimum atomic E-state index is -3.66. The van der Waals surface area contributed by atoms with Crippen molar-refractivity contribution in [3.05, 3.63) is 58.7 Å². The van der Waals surface area contributed by atoms with Gasteiger partial charge in [0.25, 0.3) is 5.91 Å². The Morgan fingerprint density at radius 3 is 2.47 bits per heavy atom. The van der Waals surface area contributed by atoms with Crippen LogP contribution in [0, 0.1) is 13.8 Å². The van der Waals surface area contributed by atoms with E-state index in [0.29, 0.717) is 17.7 Å². The molecular weight excluding hydrogens is 426 g/mol. The highest BCUT2D eigenvalue weighted by Gasteiger charge is 2.26. The van der Waals surface area contributed by atoms with E-state index in [1.807, 2.05) is 31.2 Å². The number of benzene rings is 2. The van der Waals surface area contributed by atoms with Crippen molar-refractivity contribution in [2.24, 2.45) is 0 Å². The van der Waals surface area contributed by atoms with Gasteiger partial charge in [0.15, 0.2) is 0 Å². The van der Waals surface area contributed by atoms with Crippen LogP contribution in [-0.4, -0.2) is 53.0 Å². The van der Waals surface area contributed by atoms with Crippen LogP contribution in [0.5, 0.6) is 5.75 Å². The normalized spacial score (nSPS) is 15.9. The van der Waals surface area contributed by atoms with E-state index in [9.17, 15) is 13.2 Å². The first-order valence-electron chi connectivity index (χ1n) is 11.0. The summed E-state index contributed by atoms with van der Waals surface area (Å²) in [5.41, 5.74) is 2.76. The third-order valence-corrected chi connectivity index (χ3v) is 7.77. The SMILES string of the molecule is CNS(=O)(=O)c1cc(C(=O)NCC(c2ccccc2OC)N2CCCCC2)cc(C)c1C. The van der Waals surface area contributed by atoms with Gasteiger partial charge in [-0.15, -0.1) is 0 Å². The number of amides is 1. The molecule has 1 aliphatic heterocycles. The number of nitrogens with one attached hydrogen (secondary N) is 2. The Labute approximate surface area is 191 Å². The van der Waals surface area contributed by atoms with Crippen LogP contribution in [0.1, 0.15) is 52.4 Å². The Bertz CT molecular complexity index is 1060. The third kappa shape index (κ3) is 5.31. The molecule has 0 radical (unpaired) electrons. The summed E-state index contributed by atoms with van der Waals surface area (Å²) in [7, 11) is -0.638. The quantitative estimate of drug-likeness (QED) is 0.633. The van der Waals surface area contributed by atoms with Crippen molar-refractivity contribution in [2.75, 3.05) is 33.8 Å². The highest BCUT2D eigenvalue weighted by molar-refractivity contribution is 7.89. The molecule has 3 rings (SSSR count). The zero-order valence-electron chi connectivity index (χ0n) is 19.3. The van der Waals surface area contributed by atoms with Gasteiger partial charge in [0, 0.05) is 17.7 Å². The van der Waals surface area contributed by atoms with E-state index in [4.69, 9.17) is 4.74 Å². The molecule has 7 nitrogen and oxygen atoms in total. The minimum absolute atomic E-state index is 0.0255. The molecule has 2 N–H and O–H groups in total. The molecule has 1 fully saturated rings. The van der Waals surface area contributed by atoms with Crippen molar-refractivity contribution in [2.45, 2.75) is 44.0 Å². The Morgan fingerprint density at radius 1 is 1.12 bits per heavy atom. The molecule has 1 unspecified atom stereocenters. The highest BCUT2D eigenvalue weighted by Crippen LogP contribution is 2.31.